The lowest BCUT2D eigenvalue weighted by atomic mass is 9.88. The summed E-state index contributed by atoms with van der Waals surface area (Å²) in [7, 11) is -5.95. The fraction of sp³-hybridized carbons (Fsp3) is 0.500. The zero-order valence-electron chi connectivity index (χ0n) is 21.3. The lowest BCUT2D eigenvalue weighted by molar-refractivity contribution is -0.0312. The smallest absolute Gasteiger partial charge is 0.245 e. The maximum Gasteiger partial charge on any atom is 0.245 e. The SMILES string of the molecule is CNS(=O)(=O)c1cccc(OC[C@@H](O)CN[C@@H]2COC3(CCN(S(=O)(=O)c4cccc5nsnc45)CC3)C2)c1. The topological polar surface area (TPSA) is 160 Å². The monoisotopic (exact) mass is 597 g/mol. The van der Waals surface area contributed by atoms with Crippen LogP contribution in [-0.2, 0) is 24.8 Å². The Morgan fingerprint density at radius 3 is 2.72 bits per heavy atom. The zero-order valence-corrected chi connectivity index (χ0v) is 23.8. The zero-order chi connectivity index (χ0) is 27.7. The van der Waals surface area contributed by atoms with Crippen molar-refractivity contribution in [2.45, 2.75) is 46.8 Å². The van der Waals surface area contributed by atoms with E-state index in [4.69, 9.17) is 9.47 Å². The molecule has 0 amide bonds. The Hall–Kier alpha value is -2.24. The predicted molar refractivity (Wildman–Crippen MR) is 145 cm³/mol. The second kappa shape index (κ2) is 11.3. The van der Waals surface area contributed by atoms with Crippen LogP contribution in [0.2, 0.25) is 0 Å². The Morgan fingerprint density at radius 2 is 1.95 bits per heavy atom. The van der Waals surface area contributed by atoms with Gasteiger partial charge in [-0.05, 0) is 50.6 Å². The van der Waals surface area contributed by atoms with Crippen LogP contribution in [0, 0.1) is 0 Å². The molecule has 3 aromatic rings. The maximum absolute atomic E-state index is 13.3. The van der Waals surface area contributed by atoms with Gasteiger partial charge < -0.3 is 19.9 Å². The van der Waals surface area contributed by atoms with Gasteiger partial charge in [-0.2, -0.15) is 13.1 Å². The summed E-state index contributed by atoms with van der Waals surface area (Å²) in [6.07, 6.45) is 1.05. The van der Waals surface area contributed by atoms with E-state index >= 15 is 0 Å². The lowest BCUT2D eigenvalue weighted by Crippen LogP contribution is -2.47. The molecule has 0 saturated carbocycles. The van der Waals surface area contributed by atoms with Crippen LogP contribution in [-0.4, -0.2) is 92.6 Å². The maximum atomic E-state index is 13.3. The van der Waals surface area contributed by atoms with Gasteiger partial charge >= 0.3 is 0 Å². The van der Waals surface area contributed by atoms with Crippen LogP contribution in [0.25, 0.3) is 11.0 Å². The molecule has 0 radical (unpaired) electrons. The molecule has 0 unspecified atom stereocenters. The van der Waals surface area contributed by atoms with Gasteiger partial charge in [0.15, 0.2) is 0 Å². The first kappa shape index (κ1) is 28.3. The van der Waals surface area contributed by atoms with E-state index in [2.05, 4.69) is 18.8 Å². The molecule has 39 heavy (non-hydrogen) atoms. The molecule has 2 aromatic carbocycles. The number of sulfonamides is 2. The first-order valence-electron chi connectivity index (χ1n) is 12.6. The van der Waals surface area contributed by atoms with Crippen LogP contribution >= 0.6 is 11.7 Å². The molecule has 1 aromatic heterocycles. The normalized spacial score (nSPS) is 20.9. The molecule has 2 aliphatic heterocycles. The third-order valence-corrected chi connectivity index (χ3v) is 11.1. The molecule has 2 aliphatic rings. The van der Waals surface area contributed by atoms with Crippen molar-refractivity contribution in [3.8, 4) is 5.75 Å². The molecule has 15 heteroatoms. The number of aromatic nitrogens is 2. The molecular weight excluding hydrogens is 566 g/mol. The fourth-order valence-corrected chi connectivity index (χ4v) is 7.95. The minimum Gasteiger partial charge on any atom is -0.491 e. The second-order valence-corrected chi connectivity index (χ2v) is 14.1. The highest BCUT2D eigenvalue weighted by Crippen LogP contribution is 2.38. The molecule has 2 fully saturated rings. The highest BCUT2D eigenvalue weighted by molar-refractivity contribution is 7.89. The Morgan fingerprint density at radius 1 is 1.18 bits per heavy atom. The van der Waals surface area contributed by atoms with Crippen molar-refractivity contribution < 1.29 is 31.4 Å². The highest BCUT2D eigenvalue weighted by Gasteiger charge is 2.45. The van der Waals surface area contributed by atoms with E-state index in [9.17, 15) is 21.9 Å². The summed E-state index contributed by atoms with van der Waals surface area (Å²) < 4.78 is 74.4. The molecule has 0 aliphatic carbocycles. The van der Waals surface area contributed by atoms with Gasteiger partial charge in [0.25, 0.3) is 0 Å². The summed E-state index contributed by atoms with van der Waals surface area (Å²) >= 11 is 0.996. The van der Waals surface area contributed by atoms with Crippen molar-refractivity contribution in [3.63, 3.8) is 0 Å². The number of nitrogens with one attached hydrogen (secondary N) is 2. The third-order valence-electron chi connectivity index (χ3n) is 7.18. The first-order valence-corrected chi connectivity index (χ1v) is 16.2. The number of benzene rings is 2. The van der Waals surface area contributed by atoms with Gasteiger partial charge in [0.2, 0.25) is 20.0 Å². The molecule has 2 atom stereocenters. The average molecular weight is 598 g/mol. The second-order valence-electron chi connectivity index (χ2n) is 9.74. The van der Waals surface area contributed by atoms with Crippen molar-refractivity contribution in [2.75, 3.05) is 39.9 Å². The molecule has 12 nitrogen and oxygen atoms in total. The summed E-state index contributed by atoms with van der Waals surface area (Å²) in [5.41, 5.74) is 0.575. The van der Waals surface area contributed by atoms with Crippen LogP contribution in [0.3, 0.4) is 0 Å². The number of hydrogen-bond donors (Lipinski definition) is 3. The van der Waals surface area contributed by atoms with Crippen molar-refractivity contribution >= 4 is 42.8 Å². The van der Waals surface area contributed by atoms with Gasteiger partial charge in [-0.3, -0.25) is 0 Å². The average Bonchev–Trinajstić information content (AvgIpc) is 3.58. The van der Waals surface area contributed by atoms with E-state index in [1.54, 1.807) is 30.3 Å². The molecule has 3 heterocycles. The van der Waals surface area contributed by atoms with E-state index in [0.29, 0.717) is 55.7 Å². The molecular formula is C24H31N5O7S3. The van der Waals surface area contributed by atoms with Gasteiger partial charge in [-0.25, -0.2) is 21.6 Å². The Bertz CT molecular complexity index is 1520. The third kappa shape index (κ3) is 6.10. The van der Waals surface area contributed by atoms with Crippen molar-refractivity contribution in [3.05, 3.63) is 42.5 Å². The van der Waals surface area contributed by atoms with Crippen molar-refractivity contribution in [2.24, 2.45) is 0 Å². The predicted octanol–water partition coefficient (Wildman–Crippen LogP) is 0.941. The summed E-state index contributed by atoms with van der Waals surface area (Å²) in [4.78, 5) is 0.266. The summed E-state index contributed by atoms with van der Waals surface area (Å²) in [6, 6.07) is 11.1. The highest BCUT2D eigenvalue weighted by atomic mass is 32.2. The van der Waals surface area contributed by atoms with Crippen LogP contribution in [0.1, 0.15) is 19.3 Å². The molecule has 1 spiro atoms. The number of aliphatic hydroxyl groups is 1. The van der Waals surface area contributed by atoms with Gasteiger partial charge in [-0.1, -0.05) is 12.1 Å². The van der Waals surface area contributed by atoms with Crippen LogP contribution in [0.15, 0.2) is 52.3 Å². The molecule has 3 N–H and O–H groups in total. The number of rotatable bonds is 10. The van der Waals surface area contributed by atoms with E-state index in [1.165, 1.54) is 23.5 Å². The number of piperidine rings is 1. The number of hydrogen-bond acceptors (Lipinski definition) is 11. The van der Waals surface area contributed by atoms with E-state index < -0.39 is 31.8 Å². The van der Waals surface area contributed by atoms with Crippen LogP contribution in [0.5, 0.6) is 5.75 Å². The number of fused-ring (bicyclic) bond motifs is 1. The number of aliphatic hydroxyl groups excluding tert-OH is 1. The van der Waals surface area contributed by atoms with Crippen molar-refractivity contribution in [1.29, 1.82) is 0 Å². The quantitative estimate of drug-likeness (QED) is 0.307. The van der Waals surface area contributed by atoms with Gasteiger partial charge in [0, 0.05) is 31.7 Å². The minimum absolute atomic E-state index is 0.0111. The standard InChI is InChI=1S/C24H31N5O7S3/c1-25-38(31,32)20-5-2-4-19(12-20)35-16-18(30)14-26-17-13-24(36-15-17)8-10-29(11-9-24)39(33,34)22-7-3-6-21-23(22)28-37-27-21/h2-7,12,17-18,25-26,30H,8-11,13-16H2,1H3/t17-,18-/m0/s1. The summed E-state index contributed by atoms with van der Waals surface area (Å²) in [5, 5.41) is 13.7. The molecule has 212 valence electrons. The number of nitrogens with zero attached hydrogens (tertiary/aromatic N) is 3. The largest absolute Gasteiger partial charge is 0.491 e. The minimum atomic E-state index is -3.70. The van der Waals surface area contributed by atoms with Crippen LogP contribution in [0.4, 0.5) is 0 Å². The van der Waals surface area contributed by atoms with Crippen molar-refractivity contribution in [1.82, 2.24) is 23.1 Å². The molecule has 2 saturated heterocycles. The van der Waals surface area contributed by atoms with E-state index in [0.717, 1.165) is 11.7 Å². The van der Waals surface area contributed by atoms with Gasteiger partial charge in [0.1, 0.15) is 34.4 Å². The summed E-state index contributed by atoms with van der Waals surface area (Å²) in [5.74, 6) is 0.345. The fourth-order valence-electron chi connectivity index (χ4n) is 4.99. The van der Waals surface area contributed by atoms with Gasteiger partial charge in [-0.15, -0.1) is 0 Å². The first-order chi connectivity index (χ1) is 18.6. The lowest BCUT2D eigenvalue weighted by Gasteiger charge is -2.38. The van der Waals surface area contributed by atoms with Gasteiger partial charge in [0.05, 0.1) is 28.8 Å². The summed E-state index contributed by atoms with van der Waals surface area (Å²) in [6.45, 7) is 1.42. The molecule has 0 bridgehead atoms. The van der Waals surface area contributed by atoms with E-state index in [-0.39, 0.29) is 29.0 Å². The Balaban J connectivity index is 1.10. The number of ether oxygens (including phenoxy) is 2. The molecule has 5 rings (SSSR count). The Kier molecular flexibility index (Phi) is 8.22. The Labute approximate surface area is 231 Å². The van der Waals surface area contributed by atoms with E-state index in [1.807, 2.05) is 0 Å². The van der Waals surface area contributed by atoms with Crippen LogP contribution < -0.4 is 14.8 Å².